The average molecular weight is 235 g/mol. The highest BCUT2D eigenvalue weighted by atomic mass is 32.2. The van der Waals surface area contributed by atoms with Crippen molar-refractivity contribution in [1.29, 1.82) is 0 Å². The van der Waals surface area contributed by atoms with Gasteiger partial charge in [0.05, 0.1) is 11.4 Å². The van der Waals surface area contributed by atoms with Crippen molar-refractivity contribution in [3.05, 3.63) is 29.3 Å². The molecule has 0 bridgehead atoms. The third-order valence-electron chi connectivity index (χ3n) is 2.36. The van der Waals surface area contributed by atoms with Crippen molar-refractivity contribution in [2.75, 3.05) is 5.73 Å². The van der Waals surface area contributed by atoms with Gasteiger partial charge in [0.2, 0.25) is 0 Å². The van der Waals surface area contributed by atoms with Crippen LogP contribution in [-0.4, -0.2) is 9.97 Å². The van der Waals surface area contributed by atoms with E-state index in [1.165, 1.54) is 11.8 Å². The normalized spacial score (nSPS) is 10.7. The van der Waals surface area contributed by atoms with Gasteiger partial charge in [-0.15, -0.1) is 0 Å². The molecule has 2 heterocycles. The van der Waals surface area contributed by atoms with E-state index in [4.69, 9.17) is 10.2 Å². The molecule has 2 aromatic heterocycles. The van der Waals surface area contributed by atoms with E-state index >= 15 is 0 Å². The summed E-state index contributed by atoms with van der Waals surface area (Å²) in [5, 5.41) is 1.32. The van der Waals surface area contributed by atoms with Crippen molar-refractivity contribution in [1.82, 2.24) is 9.97 Å². The van der Waals surface area contributed by atoms with Crippen LogP contribution in [0.5, 0.6) is 0 Å². The Morgan fingerprint density at radius 1 is 1.31 bits per heavy atom. The zero-order chi connectivity index (χ0) is 11.7. The highest BCUT2D eigenvalue weighted by molar-refractivity contribution is 7.99. The molecule has 2 N–H and O–H groups in total. The van der Waals surface area contributed by atoms with Crippen LogP contribution in [0, 0.1) is 20.8 Å². The molecule has 84 valence electrons. The highest BCUT2D eigenvalue weighted by Gasteiger charge is 2.11. The molecule has 0 spiro atoms. The number of hydrogen-bond donors (Lipinski definition) is 1. The average Bonchev–Trinajstić information content (AvgIpc) is 2.54. The predicted octanol–water partition coefficient (Wildman–Crippen LogP) is 2.73. The van der Waals surface area contributed by atoms with Gasteiger partial charge < -0.3 is 10.2 Å². The smallest absolute Gasteiger partial charge is 0.262 e. The van der Waals surface area contributed by atoms with Crippen molar-refractivity contribution in [3.63, 3.8) is 0 Å². The second kappa shape index (κ2) is 4.17. The molecule has 2 aromatic rings. The topological polar surface area (TPSA) is 64.9 Å². The third-order valence-corrected chi connectivity index (χ3v) is 3.23. The minimum Gasteiger partial charge on any atom is -0.436 e. The van der Waals surface area contributed by atoms with E-state index in [0.29, 0.717) is 10.9 Å². The number of nitrogens with zero attached hydrogens (tertiary/aromatic N) is 2. The quantitative estimate of drug-likeness (QED) is 0.867. The molecule has 5 heteroatoms. The molecular weight excluding hydrogens is 222 g/mol. The van der Waals surface area contributed by atoms with Crippen LogP contribution in [0.3, 0.4) is 0 Å². The molecule has 0 aliphatic heterocycles. The summed E-state index contributed by atoms with van der Waals surface area (Å²) >= 11 is 1.35. The van der Waals surface area contributed by atoms with Crippen LogP contribution in [0.25, 0.3) is 0 Å². The number of anilines is 1. The minimum atomic E-state index is 0.583. The lowest BCUT2D eigenvalue weighted by molar-refractivity contribution is 0.431. The molecule has 0 radical (unpaired) electrons. The van der Waals surface area contributed by atoms with Gasteiger partial charge in [-0.1, -0.05) is 0 Å². The Bertz CT molecular complexity index is 502. The molecule has 4 nitrogen and oxygen atoms in total. The lowest BCUT2D eigenvalue weighted by Gasteiger charge is -2.03. The Morgan fingerprint density at radius 2 is 2.06 bits per heavy atom. The molecule has 0 unspecified atom stereocenters. The summed E-state index contributed by atoms with van der Waals surface area (Å²) in [5.41, 5.74) is 8.51. The van der Waals surface area contributed by atoms with E-state index in [2.05, 4.69) is 9.97 Å². The predicted molar refractivity (Wildman–Crippen MR) is 63.5 cm³/mol. The zero-order valence-electron chi connectivity index (χ0n) is 9.44. The van der Waals surface area contributed by atoms with E-state index in [-0.39, 0.29) is 0 Å². The number of aryl methyl sites for hydroxylation is 3. The SMILES string of the molecule is Cc1ccnc(Sc2nc(C)c(C)o2)c1N. The molecule has 0 amide bonds. The van der Waals surface area contributed by atoms with Gasteiger partial charge in [0, 0.05) is 6.20 Å². The van der Waals surface area contributed by atoms with Crippen LogP contribution in [-0.2, 0) is 0 Å². The van der Waals surface area contributed by atoms with Crippen LogP contribution in [0.15, 0.2) is 26.9 Å². The summed E-state index contributed by atoms with van der Waals surface area (Å²) in [6, 6.07) is 1.88. The lowest BCUT2D eigenvalue weighted by Crippen LogP contribution is -1.94. The number of aromatic nitrogens is 2. The number of oxazole rings is 1. The summed E-state index contributed by atoms with van der Waals surface area (Å²) in [5.74, 6) is 0.828. The van der Waals surface area contributed by atoms with Crippen LogP contribution in [0.1, 0.15) is 17.0 Å². The minimum absolute atomic E-state index is 0.583. The summed E-state index contributed by atoms with van der Waals surface area (Å²) in [6.07, 6.45) is 1.73. The Labute approximate surface area is 98.3 Å². The van der Waals surface area contributed by atoms with Crippen LogP contribution in [0.4, 0.5) is 5.69 Å². The summed E-state index contributed by atoms with van der Waals surface area (Å²) in [7, 11) is 0. The molecule has 0 atom stereocenters. The number of hydrogen-bond acceptors (Lipinski definition) is 5. The lowest BCUT2D eigenvalue weighted by atomic mass is 10.3. The Morgan fingerprint density at radius 3 is 2.69 bits per heavy atom. The molecule has 0 saturated carbocycles. The number of nitrogen functional groups attached to an aromatic ring is 1. The number of rotatable bonds is 2. The summed E-state index contributed by atoms with van der Waals surface area (Å²) in [4.78, 5) is 8.49. The van der Waals surface area contributed by atoms with Crippen molar-refractivity contribution in [3.8, 4) is 0 Å². The first-order valence-electron chi connectivity index (χ1n) is 4.91. The molecule has 0 aliphatic carbocycles. The molecule has 2 rings (SSSR count). The van der Waals surface area contributed by atoms with Gasteiger partial charge in [0.15, 0.2) is 0 Å². The van der Waals surface area contributed by atoms with Crippen LogP contribution < -0.4 is 5.73 Å². The molecule has 0 aliphatic rings. The van der Waals surface area contributed by atoms with Crippen molar-refractivity contribution < 1.29 is 4.42 Å². The fourth-order valence-corrected chi connectivity index (χ4v) is 2.09. The fraction of sp³-hybridized carbons (Fsp3) is 0.273. The van der Waals surface area contributed by atoms with Gasteiger partial charge in [-0.25, -0.2) is 9.97 Å². The zero-order valence-corrected chi connectivity index (χ0v) is 10.3. The van der Waals surface area contributed by atoms with E-state index in [0.717, 1.165) is 22.0 Å². The largest absolute Gasteiger partial charge is 0.436 e. The molecule has 0 saturated heterocycles. The summed E-state index contributed by atoms with van der Waals surface area (Å²) in [6.45, 7) is 5.75. The third kappa shape index (κ3) is 2.04. The maximum atomic E-state index is 5.92. The van der Waals surface area contributed by atoms with Crippen molar-refractivity contribution >= 4 is 17.4 Å². The molecular formula is C11H13N3OS. The number of pyridine rings is 1. The molecule has 0 aromatic carbocycles. The van der Waals surface area contributed by atoms with Crippen molar-refractivity contribution in [2.45, 2.75) is 31.0 Å². The van der Waals surface area contributed by atoms with Gasteiger partial charge in [0.1, 0.15) is 10.8 Å². The van der Waals surface area contributed by atoms with Crippen LogP contribution >= 0.6 is 11.8 Å². The van der Waals surface area contributed by atoms with E-state index in [1.54, 1.807) is 6.20 Å². The Hall–Kier alpha value is -1.49. The van der Waals surface area contributed by atoms with Gasteiger partial charge >= 0.3 is 0 Å². The first-order valence-corrected chi connectivity index (χ1v) is 5.72. The first-order chi connectivity index (χ1) is 7.58. The maximum absolute atomic E-state index is 5.92. The van der Waals surface area contributed by atoms with E-state index in [1.807, 2.05) is 26.8 Å². The van der Waals surface area contributed by atoms with E-state index < -0.39 is 0 Å². The molecule has 16 heavy (non-hydrogen) atoms. The van der Waals surface area contributed by atoms with Crippen LogP contribution in [0.2, 0.25) is 0 Å². The van der Waals surface area contributed by atoms with Gasteiger partial charge in [-0.2, -0.15) is 0 Å². The first kappa shape index (κ1) is 11.0. The fourth-order valence-electron chi connectivity index (χ4n) is 1.20. The second-order valence-corrected chi connectivity index (χ2v) is 4.51. The maximum Gasteiger partial charge on any atom is 0.262 e. The summed E-state index contributed by atoms with van der Waals surface area (Å²) < 4.78 is 5.47. The van der Waals surface area contributed by atoms with Gasteiger partial charge in [-0.05, 0) is 44.2 Å². The Kier molecular flexibility index (Phi) is 2.87. The second-order valence-electron chi connectivity index (χ2n) is 3.57. The van der Waals surface area contributed by atoms with E-state index in [9.17, 15) is 0 Å². The standard InChI is InChI=1S/C11H13N3OS/c1-6-4-5-13-10(9(6)12)16-11-14-7(2)8(3)15-11/h4-5H,12H2,1-3H3. The monoisotopic (exact) mass is 235 g/mol. The number of nitrogens with two attached hydrogens (primary N) is 1. The highest BCUT2D eigenvalue weighted by Crippen LogP contribution is 2.31. The van der Waals surface area contributed by atoms with Crippen molar-refractivity contribution in [2.24, 2.45) is 0 Å². The molecule has 0 fully saturated rings. The van der Waals surface area contributed by atoms with Gasteiger partial charge in [-0.3, -0.25) is 0 Å². The Balaban J connectivity index is 2.30. The van der Waals surface area contributed by atoms with Gasteiger partial charge in [0.25, 0.3) is 5.22 Å².